The SMILES string of the molecule is C#Cc1cc(C(F)(F)F)[nH]c(=O)c1. The number of pyridine rings is 1. The second-order valence-electron chi connectivity index (χ2n) is 2.29. The Bertz CT molecular complexity index is 411. The molecule has 0 amide bonds. The Morgan fingerprint density at radius 2 is 2.00 bits per heavy atom. The van der Waals surface area contributed by atoms with Crippen LogP contribution in [-0.2, 0) is 6.18 Å². The van der Waals surface area contributed by atoms with E-state index in [1.807, 2.05) is 5.92 Å². The van der Waals surface area contributed by atoms with Crippen molar-refractivity contribution in [2.24, 2.45) is 0 Å². The van der Waals surface area contributed by atoms with Crippen molar-refractivity contribution >= 4 is 0 Å². The summed E-state index contributed by atoms with van der Waals surface area (Å²) in [5.41, 5.74) is -2.08. The Kier molecular flexibility index (Phi) is 2.15. The quantitative estimate of drug-likeness (QED) is 0.611. The van der Waals surface area contributed by atoms with E-state index in [0.717, 1.165) is 6.07 Å². The zero-order chi connectivity index (χ0) is 10.1. The van der Waals surface area contributed by atoms with Crippen LogP contribution in [0.15, 0.2) is 16.9 Å². The van der Waals surface area contributed by atoms with Gasteiger partial charge in [-0.05, 0) is 6.07 Å². The molecule has 0 atom stereocenters. The molecule has 1 heterocycles. The van der Waals surface area contributed by atoms with Gasteiger partial charge in [0.05, 0.1) is 0 Å². The van der Waals surface area contributed by atoms with E-state index in [2.05, 4.69) is 0 Å². The van der Waals surface area contributed by atoms with Crippen molar-refractivity contribution in [2.75, 3.05) is 0 Å². The van der Waals surface area contributed by atoms with Crippen LogP contribution in [0.1, 0.15) is 11.3 Å². The summed E-state index contributed by atoms with van der Waals surface area (Å²) >= 11 is 0. The third-order valence-electron chi connectivity index (χ3n) is 1.32. The fraction of sp³-hybridized carbons (Fsp3) is 0.125. The molecule has 0 radical (unpaired) electrons. The Hall–Kier alpha value is -1.70. The molecule has 0 spiro atoms. The largest absolute Gasteiger partial charge is 0.431 e. The molecule has 5 heteroatoms. The van der Waals surface area contributed by atoms with E-state index >= 15 is 0 Å². The van der Waals surface area contributed by atoms with Gasteiger partial charge in [-0.2, -0.15) is 13.2 Å². The van der Waals surface area contributed by atoms with E-state index in [1.165, 1.54) is 0 Å². The molecule has 1 N–H and O–H groups in total. The summed E-state index contributed by atoms with van der Waals surface area (Å²) in [7, 11) is 0. The second-order valence-corrected chi connectivity index (χ2v) is 2.29. The van der Waals surface area contributed by atoms with Gasteiger partial charge in [-0.1, -0.05) is 5.92 Å². The highest BCUT2D eigenvalue weighted by molar-refractivity contribution is 5.32. The number of aromatic amines is 1. The lowest BCUT2D eigenvalue weighted by Gasteiger charge is -2.05. The zero-order valence-corrected chi connectivity index (χ0v) is 6.27. The molecule has 13 heavy (non-hydrogen) atoms. The molecule has 1 rings (SSSR count). The predicted molar refractivity (Wildman–Crippen MR) is 40.0 cm³/mol. The highest BCUT2D eigenvalue weighted by atomic mass is 19.4. The topological polar surface area (TPSA) is 32.9 Å². The summed E-state index contributed by atoms with van der Waals surface area (Å²) in [6.45, 7) is 0. The highest BCUT2D eigenvalue weighted by Gasteiger charge is 2.31. The number of nitrogens with one attached hydrogen (secondary N) is 1. The first-order valence-electron chi connectivity index (χ1n) is 3.21. The van der Waals surface area contributed by atoms with E-state index in [9.17, 15) is 18.0 Å². The molecule has 0 aliphatic heterocycles. The van der Waals surface area contributed by atoms with Gasteiger partial charge >= 0.3 is 6.18 Å². The number of terminal acetylenes is 1. The van der Waals surface area contributed by atoms with Crippen LogP contribution in [0.2, 0.25) is 0 Å². The van der Waals surface area contributed by atoms with Gasteiger partial charge in [-0.15, -0.1) is 6.42 Å². The molecule has 0 fully saturated rings. The van der Waals surface area contributed by atoms with Crippen LogP contribution in [0.25, 0.3) is 0 Å². The Morgan fingerprint density at radius 1 is 1.38 bits per heavy atom. The number of aromatic nitrogens is 1. The molecule has 0 aliphatic rings. The van der Waals surface area contributed by atoms with E-state index < -0.39 is 17.4 Å². The van der Waals surface area contributed by atoms with Gasteiger partial charge in [-0.3, -0.25) is 4.79 Å². The third kappa shape index (κ3) is 2.12. The lowest BCUT2D eigenvalue weighted by molar-refractivity contribution is -0.141. The van der Waals surface area contributed by atoms with Gasteiger partial charge < -0.3 is 4.98 Å². The van der Waals surface area contributed by atoms with E-state index in [1.54, 1.807) is 4.98 Å². The van der Waals surface area contributed by atoms with Gasteiger partial charge in [0.15, 0.2) is 0 Å². The Balaban J connectivity index is 3.35. The predicted octanol–water partition coefficient (Wildman–Crippen LogP) is 1.37. The van der Waals surface area contributed by atoms with Crippen LogP contribution in [0.4, 0.5) is 13.2 Å². The third-order valence-corrected chi connectivity index (χ3v) is 1.32. The van der Waals surface area contributed by atoms with Crippen LogP contribution >= 0.6 is 0 Å². The van der Waals surface area contributed by atoms with Gasteiger partial charge in [0.2, 0.25) is 5.56 Å². The number of halogens is 3. The fourth-order valence-corrected chi connectivity index (χ4v) is 0.779. The first-order chi connectivity index (χ1) is 5.93. The van der Waals surface area contributed by atoms with Crippen LogP contribution in [0.5, 0.6) is 0 Å². The maximum Gasteiger partial charge on any atom is 0.431 e. The normalized spacial score (nSPS) is 10.9. The van der Waals surface area contributed by atoms with E-state index in [-0.39, 0.29) is 5.56 Å². The number of H-pyrrole nitrogens is 1. The van der Waals surface area contributed by atoms with Gasteiger partial charge in [0.25, 0.3) is 0 Å². The monoisotopic (exact) mass is 187 g/mol. The number of hydrogen-bond acceptors (Lipinski definition) is 1. The molecular weight excluding hydrogens is 183 g/mol. The molecule has 1 aromatic heterocycles. The summed E-state index contributed by atoms with van der Waals surface area (Å²) in [5.74, 6) is 1.96. The van der Waals surface area contributed by atoms with Crippen LogP contribution in [0, 0.1) is 12.3 Å². The number of rotatable bonds is 0. The minimum Gasteiger partial charge on any atom is -0.318 e. The highest BCUT2D eigenvalue weighted by Crippen LogP contribution is 2.26. The molecule has 0 saturated carbocycles. The average Bonchev–Trinajstić information content (AvgIpc) is 2.01. The van der Waals surface area contributed by atoms with Gasteiger partial charge in [0.1, 0.15) is 5.69 Å². The first-order valence-corrected chi connectivity index (χ1v) is 3.21. The zero-order valence-electron chi connectivity index (χ0n) is 6.27. The summed E-state index contributed by atoms with van der Waals surface area (Å²) in [6.07, 6.45) is 0.283. The minimum absolute atomic E-state index is 0.0870. The van der Waals surface area contributed by atoms with Crippen molar-refractivity contribution in [3.63, 3.8) is 0 Å². The summed E-state index contributed by atoms with van der Waals surface area (Å²) < 4.78 is 36.1. The maximum atomic E-state index is 12.0. The lowest BCUT2D eigenvalue weighted by atomic mass is 10.2. The summed E-state index contributed by atoms with van der Waals surface area (Å²) in [4.78, 5) is 12.3. The van der Waals surface area contributed by atoms with E-state index in [4.69, 9.17) is 6.42 Å². The average molecular weight is 187 g/mol. The van der Waals surface area contributed by atoms with Crippen molar-refractivity contribution in [3.05, 3.63) is 33.7 Å². The molecule has 1 aromatic rings. The fourth-order valence-electron chi connectivity index (χ4n) is 0.779. The van der Waals surface area contributed by atoms with Crippen molar-refractivity contribution in [2.45, 2.75) is 6.18 Å². The molecule has 0 saturated heterocycles. The number of alkyl halides is 3. The van der Waals surface area contributed by atoms with Crippen molar-refractivity contribution in [1.82, 2.24) is 4.98 Å². The number of hydrogen-bond donors (Lipinski definition) is 1. The molecule has 68 valence electrons. The van der Waals surface area contributed by atoms with Gasteiger partial charge in [-0.25, -0.2) is 0 Å². The molecule has 0 aromatic carbocycles. The molecular formula is C8H4F3NO. The van der Waals surface area contributed by atoms with Crippen molar-refractivity contribution in [3.8, 4) is 12.3 Å². The standard InChI is InChI=1S/C8H4F3NO/c1-2-5-3-6(8(9,10)11)12-7(13)4-5/h1,3-4H,(H,12,13). The smallest absolute Gasteiger partial charge is 0.318 e. The Labute approximate surface area is 71.4 Å². The van der Waals surface area contributed by atoms with Crippen molar-refractivity contribution < 1.29 is 13.2 Å². The molecule has 2 nitrogen and oxygen atoms in total. The minimum atomic E-state index is -4.58. The first kappa shape index (κ1) is 9.39. The molecule has 0 bridgehead atoms. The summed E-state index contributed by atoms with van der Waals surface area (Å²) in [5, 5.41) is 0. The maximum absolute atomic E-state index is 12.0. The molecule has 0 unspecified atom stereocenters. The van der Waals surface area contributed by atoms with Crippen LogP contribution < -0.4 is 5.56 Å². The molecule has 0 aliphatic carbocycles. The second kappa shape index (κ2) is 2.98. The van der Waals surface area contributed by atoms with Crippen LogP contribution in [-0.4, -0.2) is 4.98 Å². The summed E-state index contributed by atoms with van der Waals surface area (Å²) in [6, 6.07) is 1.64. The lowest BCUT2D eigenvalue weighted by Crippen LogP contribution is -2.16. The van der Waals surface area contributed by atoms with Crippen LogP contribution in [0.3, 0.4) is 0 Å². The van der Waals surface area contributed by atoms with E-state index in [0.29, 0.717) is 6.07 Å². The van der Waals surface area contributed by atoms with Crippen molar-refractivity contribution in [1.29, 1.82) is 0 Å². The van der Waals surface area contributed by atoms with Gasteiger partial charge in [0, 0.05) is 11.6 Å². The Morgan fingerprint density at radius 3 is 2.46 bits per heavy atom.